The van der Waals surface area contributed by atoms with Gasteiger partial charge in [-0.2, -0.15) is 0 Å². The number of likely N-dealkylation sites (tertiary alicyclic amines) is 2. The van der Waals surface area contributed by atoms with Gasteiger partial charge in [0.15, 0.2) is 0 Å². The number of rotatable bonds is 9. The van der Waals surface area contributed by atoms with Crippen LogP contribution in [0.1, 0.15) is 89.7 Å². The molecule has 2 bridgehead atoms. The van der Waals surface area contributed by atoms with Crippen molar-refractivity contribution in [3.8, 4) is 0 Å². The third-order valence-electron chi connectivity index (χ3n) is 11.5. The number of carbonyl (C=O) groups is 4. The normalized spacial score (nSPS) is 24.0. The molecule has 4 aliphatic rings. The lowest BCUT2D eigenvalue weighted by molar-refractivity contribution is -0.147. The van der Waals surface area contributed by atoms with Gasteiger partial charge in [0.05, 0.1) is 11.3 Å². The minimum Gasteiger partial charge on any atom is -0.445 e. The maximum atomic E-state index is 14.3. The van der Waals surface area contributed by atoms with Crippen molar-refractivity contribution < 1.29 is 28.3 Å². The van der Waals surface area contributed by atoms with Crippen LogP contribution in [0.4, 0.5) is 9.18 Å². The monoisotopic (exact) mass is 688 g/mol. The molecule has 50 heavy (non-hydrogen) atoms. The first kappa shape index (κ1) is 35.9. The number of hydrogen-bond donors (Lipinski definition) is 2. The van der Waals surface area contributed by atoms with Gasteiger partial charge in [-0.05, 0) is 94.4 Å². The van der Waals surface area contributed by atoms with Gasteiger partial charge < -0.3 is 25.2 Å². The molecule has 0 aromatic heterocycles. The number of ether oxygens (including phenoxy) is 1. The predicted molar refractivity (Wildman–Crippen MR) is 188 cm³/mol. The third-order valence-corrected chi connectivity index (χ3v) is 11.5. The predicted octanol–water partition coefficient (Wildman–Crippen LogP) is 6.00. The molecule has 2 aliphatic carbocycles. The van der Waals surface area contributed by atoms with Gasteiger partial charge in [0.1, 0.15) is 18.5 Å². The van der Waals surface area contributed by atoms with E-state index in [1.54, 1.807) is 21.9 Å². The van der Waals surface area contributed by atoms with Crippen molar-refractivity contribution >= 4 is 23.8 Å². The summed E-state index contributed by atoms with van der Waals surface area (Å²) in [5, 5.41) is 6.34. The van der Waals surface area contributed by atoms with Crippen LogP contribution in [0.5, 0.6) is 0 Å². The molecule has 10 heteroatoms. The first-order chi connectivity index (χ1) is 23.9. The molecule has 0 unspecified atom stereocenters. The van der Waals surface area contributed by atoms with Gasteiger partial charge in [0.25, 0.3) is 0 Å². The number of benzene rings is 2. The Morgan fingerprint density at radius 1 is 0.920 bits per heavy atom. The highest BCUT2D eigenvalue weighted by atomic mass is 19.1. The Bertz CT molecular complexity index is 1510. The van der Waals surface area contributed by atoms with E-state index in [1.165, 1.54) is 18.6 Å². The summed E-state index contributed by atoms with van der Waals surface area (Å²) in [4.78, 5) is 58.8. The number of hydrogen-bond acceptors (Lipinski definition) is 5. The number of halogens is 1. The van der Waals surface area contributed by atoms with Gasteiger partial charge in [-0.15, -0.1) is 0 Å². The van der Waals surface area contributed by atoms with Crippen LogP contribution in [0.25, 0.3) is 0 Å². The molecule has 270 valence electrons. The molecule has 0 spiro atoms. The summed E-state index contributed by atoms with van der Waals surface area (Å²) in [6, 6.07) is 14.3. The third kappa shape index (κ3) is 8.16. The van der Waals surface area contributed by atoms with Crippen molar-refractivity contribution in [2.45, 2.75) is 109 Å². The maximum absolute atomic E-state index is 14.3. The van der Waals surface area contributed by atoms with E-state index >= 15 is 0 Å². The fourth-order valence-electron chi connectivity index (χ4n) is 8.94. The molecule has 2 saturated carbocycles. The average molecular weight is 689 g/mol. The van der Waals surface area contributed by atoms with Crippen LogP contribution >= 0.6 is 0 Å². The number of nitrogens with one attached hydrogen (secondary N) is 2. The zero-order chi connectivity index (χ0) is 35.5. The number of carbonyl (C=O) groups excluding carboxylic acids is 4. The zero-order valence-electron chi connectivity index (χ0n) is 29.8. The van der Waals surface area contributed by atoms with Crippen molar-refractivity contribution in [2.75, 3.05) is 19.6 Å². The van der Waals surface area contributed by atoms with Crippen LogP contribution in [0, 0.1) is 29.0 Å². The number of fused-ring (bicyclic) bond motifs is 2. The van der Waals surface area contributed by atoms with E-state index < -0.39 is 23.5 Å². The Kier molecular flexibility index (Phi) is 10.8. The smallest absolute Gasteiger partial charge is 0.410 e. The van der Waals surface area contributed by atoms with E-state index in [9.17, 15) is 23.6 Å². The maximum Gasteiger partial charge on any atom is 0.410 e. The van der Waals surface area contributed by atoms with Crippen molar-refractivity contribution in [1.29, 1.82) is 0 Å². The van der Waals surface area contributed by atoms with Gasteiger partial charge in [-0.3, -0.25) is 14.4 Å². The van der Waals surface area contributed by atoms with Crippen LogP contribution in [-0.4, -0.2) is 70.9 Å². The highest BCUT2D eigenvalue weighted by Crippen LogP contribution is 2.47. The van der Waals surface area contributed by atoms with E-state index in [0.29, 0.717) is 38.9 Å². The lowest BCUT2D eigenvalue weighted by atomic mass is 9.63. The Labute approximate surface area is 295 Å². The second-order valence-electron chi connectivity index (χ2n) is 16.1. The standard InChI is InChI=1S/C40H53FN4O5/c1-39(2,3)43-37(48)40(30-12-8-5-9-13-30)18-20-44(21-19-40)36(47)33(23-27-14-16-31(41)17-15-27)42-35(46)32-22-29-24-34(32)45(25-29)38(49)50-26-28-10-6-4-7-11-28/h4,6-7,10-11,14-17,29-30,32-34H,5,8-9,12-13,18-26H2,1-3H3,(H,42,46)(H,43,48)/t29-,32-,33+,34-/m0/s1. The van der Waals surface area contributed by atoms with E-state index in [-0.39, 0.29) is 60.0 Å². The van der Waals surface area contributed by atoms with Gasteiger partial charge in [-0.1, -0.05) is 61.7 Å². The Hall–Kier alpha value is -3.95. The van der Waals surface area contributed by atoms with Gasteiger partial charge in [0, 0.05) is 37.6 Å². The highest BCUT2D eigenvalue weighted by molar-refractivity contribution is 5.90. The molecule has 4 atom stereocenters. The minimum absolute atomic E-state index is 0.0864. The molecule has 2 aliphatic heterocycles. The fraction of sp³-hybridized carbons (Fsp3) is 0.600. The van der Waals surface area contributed by atoms with Crippen LogP contribution in [0.3, 0.4) is 0 Å². The molecular weight excluding hydrogens is 635 g/mol. The summed E-state index contributed by atoms with van der Waals surface area (Å²) >= 11 is 0. The van der Waals surface area contributed by atoms with Crippen molar-refractivity contribution in [3.63, 3.8) is 0 Å². The molecule has 4 amide bonds. The molecule has 2 N–H and O–H groups in total. The van der Waals surface area contributed by atoms with E-state index in [2.05, 4.69) is 10.6 Å². The number of piperidine rings is 2. The van der Waals surface area contributed by atoms with Crippen molar-refractivity contribution in [3.05, 3.63) is 71.5 Å². The topological polar surface area (TPSA) is 108 Å². The Morgan fingerprint density at radius 3 is 2.24 bits per heavy atom. The summed E-state index contributed by atoms with van der Waals surface area (Å²) < 4.78 is 19.4. The van der Waals surface area contributed by atoms with E-state index in [1.807, 2.05) is 51.1 Å². The van der Waals surface area contributed by atoms with Gasteiger partial charge in [0.2, 0.25) is 17.7 Å². The molecule has 6 rings (SSSR count). The molecule has 9 nitrogen and oxygen atoms in total. The van der Waals surface area contributed by atoms with Crippen molar-refractivity contribution in [2.24, 2.45) is 23.2 Å². The molecule has 2 saturated heterocycles. The molecule has 2 aromatic rings. The highest BCUT2D eigenvalue weighted by Gasteiger charge is 2.52. The minimum atomic E-state index is -0.865. The van der Waals surface area contributed by atoms with Crippen LogP contribution in [-0.2, 0) is 32.1 Å². The van der Waals surface area contributed by atoms with E-state index in [0.717, 1.165) is 43.2 Å². The average Bonchev–Trinajstić information content (AvgIpc) is 3.73. The van der Waals surface area contributed by atoms with Crippen molar-refractivity contribution in [1.82, 2.24) is 20.4 Å². The van der Waals surface area contributed by atoms with Crippen LogP contribution in [0.15, 0.2) is 54.6 Å². The first-order valence-corrected chi connectivity index (χ1v) is 18.6. The largest absolute Gasteiger partial charge is 0.445 e. The Balaban J connectivity index is 1.15. The molecule has 0 radical (unpaired) electrons. The summed E-state index contributed by atoms with van der Waals surface area (Å²) in [5.74, 6) is -0.710. The van der Waals surface area contributed by atoms with Crippen LogP contribution in [0.2, 0.25) is 0 Å². The van der Waals surface area contributed by atoms with E-state index in [4.69, 9.17) is 4.74 Å². The summed E-state index contributed by atoms with van der Waals surface area (Å²) in [6.07, 6.45) is 7.79. The second kappa shape index (κ2) is 15.1. The lowest BCUT2D eigenvalue weighted by Crippen LogP contribution is -2.59. The molecule has 2 heterocycles. The molecule has 4 fully saturated rings. The summed E-state index contributed by atoms with van der Waals surface area (Å²) in [7, 11) is 0. The summed E-state index contributed by atoms with van der Waals surface area (Å²) in [6.45, 7) is 7.58. The van der Waals surface area contributed by atoms with Gasteiger partial charge in [-0.25, -0.2) is 9.18 Å². The number of nitrogens with zero attached hydrogens (tertiary/aromatic N) is 2. The van der Waals surface area contributed by atoms with Gasteiger partial charge >= 0.3 is 6.09 Å². The summed E-state index contributed by atoms with van der Waals surface area (Å²) in [5.41, 5.74) is 0.749. The Morgan fingerprint density at radius 2 is 1.60 bits per heavy atom. The lowest BCUT2D eigenvalue weighted by Gasteiger charge is -2.48. The molecule has 2 aromatic carbocycles. The first-order valence-electron chi connectivity index (χ1n) is 18.6. The fourth-order valence-corrected chi connectivity index (χ4v) is 8.94. The zero-order valence-corrected chi connectivity index (χ0v) is 29.8. The quantitative estimate of drug-likeness (QED) is 0.336. The molecular formula is C40H53FN4O5. The van der Waals surface area contributed by atoms with Crippen LogP contribution < -0.4 is 10.6 Å². The number of amides is 4. The SMILES string of the molecule is CC(C)(C)NC(=O)C1(C2CCCCC2)CCN(C(=O)[C@@H](Cc2ccc(F)cc2)NC(=O)[C@H]2C[C@H]3C[C@@H]2N(C(=O)OCc2ccccc2)C3)CC1. The second-order valence-corrected chi connectivity index (χ2v) is 16.1.